The molecule has 0 atom stereocenters. The summed E-state index contributed by atoms with van der Waals surface area (Å²) in [6.45, 7) is 9.92. The number of hydrogen-bond acceptors (Lipinski definition) is 4. The zero-order valence-electron chi connectivity index (χ0n) is 20.6. The van der Waals surface area contributed by atoms with Gasteiger partial charge in [-0.3, -0.25) is 9.89 Å². The summed E-state index contributed by atoms with van der Waals surface area (Å²) in [5, 5.41) is 16.5. The lowest BCUT2D eigenvalue weighted by atomic mass is 9.88. The first-order valence-electron chi connectivity index (χ1n) is 12.3. The van der Waals surface area contributed by atoms with Gasteiger partial charge in [0.2, 0.25) is 0 Å². The van der Waals surface area contributed by atoms with Gasteiger partial charge in [0.05, 0.1) is 11.6 Å². The third-order valence-corrected chi connectivity index (χ3v) is 6.80. The Labute approximate surface area is 202 Å². The van der Waals surface area contributed by atoms with E-state index in [1.165, 1.54) is 5.56 Å². The lowest BCUT2D eigenvalue weighted by Crippen LogP contribution is -2.38. The average molecular weight is 456 g/mol. The summed E-state index contributed by atoms with van der Waals surface area (Å²) in [6.07, 6.45) is 3.71. The second-order valence-electron chi connectivity index (χ2n) is 9.57. The van der Waals surface area contributed by atoms with E-state index in [9.17, 15) is 4.79 Å². The fourth-order valence-corrected chi connectivity index (χ4v) is 4.81. The standard InChI is InChI=1S/C28H33N5O/c1-5-6-26-30-27(32-31-26)25-16-24(19(4)15-23(25)18(2)3)28(34)33-13-11-22(12-14-33)21-9-7-20(17-29)8-10-21/h7-10,15-16,18,22H,5-6,11-14H2,1-4H3,(H,30,31,32). The molecular formula is C28H33N5O. The molecule has 1 aromatic heterocycles. The molecule has 1 N–H and O–H groups in total. The Bertz CT molecular complexity index is 1190. The maximum atomic E-state index is 13.6. The predicted octanol–water partition coefficient (Wildman–Crippen LogP) is 5.75. The number of carbonyl (C=O) groups is 1. The number of nitrogens with one attached hydrogen (secondary N) is 1. The van der Waals surface area contributed by atoms with Crippen molar-refractivity contribution < 1.29 is 4.79 Å². The van der Waals surface area contributed by atoms with Gasteiger partial charge in [0.15, 0.2) is 5.82 Å². The molecule has 0 bridgehead atoms. The van der Waals surface area contributed by atoms with Crippen LogP contribution in [0.25, 0.3) is 11.4 Å². The van der Waals surface area contributed by atoms with Crippen molar-refractivity contribution in [3.05, 3.63) is 70.0 Å². The van der Waals surface area contributed by atoms with Crippen molar-refractivity contribution in [2.75, 3.05) is 13.1 Å². The van der Waals surface area contributed by atoms with Gasteiger partial charge in [-0.1, -0.05) is 39.0 Å². The minimum absolute atomic E-state index is 0.0802. The second-order valence-corrected chi connectivity index (χ2v) is 9.57. The molecule has 0 saturated carbocycles. The molecule has 4 rings (SSSR count). The molecule has 0 spiro atoms. The van der Waals surface area contributed by atoms with E-state index in [0.717, 1.165) is 66.9 Å². The number of piperidine rings is 1. The van der Waals surface area contributed by atoms with Crippen molar-refractivity contribution in [3.8, 4) is 17.5 Å². The molecule has 2 heterocycles. The average Bonchev–Trinajstić information content (AvgIpc) is 3.32. The van der Waals surface area contributed by atoms with Crippen molar-refractivity contribution in [2.24, 2.45) is 0 Å². The first kappa shape index (κ1) is 23.7. The number of benzene rings is 2. The zero-order chi connectivity index (χ0) is 24.2. The Hall–Kier alpha value is -3.46. The number of nitrogens with zero attached hydrogens (tertiary/aromatic N) is 4. The maximum Gasteiger partial charge on any atom is 0.254 e. The molecule has 1 aliphatic heterocycles. The van der Waals surface area contributed by atoms with Crippen LogP contribution in [-0.4, -0.2) is 39.1 Å². The van der Waals surface area contributed by atoms with Crippen LogP contribution >= 0.6 is 0 Å². The summed E-state index contributed by atoms with van der Waals surface area (Å²) >= 11 is 0. The Balaban J connectivity index is 1.55. The topological polar surface area (TPSA) is 85.7 Å². The molecule has 2 aromatic carbocycles. The van der Waals surface area contributed by atoms with Gasteiger partial charge in [-0.25, -0.2) is 4.98 Å². The monoisotopic (exact) mass is 455 g/mol. The largest absolute Gasteiger partial charge is 0.339 e. The number of hydrogen-bond donors (Lipinski definition) is 1. The number of aromatic nitrogens is 3. The van der Waals surface area contributed by atoms with E-state index in [4.69, 9.17) is 10.2 Å². The summed E-state index contributed by atoms with van der Waals surface area (Å²) < 4.78 is 0. The molecule has 0 unspecified atom stereocenters. The number of aromatic amines is 1. The Kier molecular flexibility index (Phi) is 7.12. The Morgan fingerprint density at radius 2 is 1.91 bits per heavy atom. The highest BCUT2D eigenvalue weighted by Crippen LogP contribution is 2.33. The fourth-order valence-electron chi connectivity index (χ4n) is 4.81. The summed E-state index contributed by atoms with van der Waals surface area (Å²) in [6, 6.07) is 14.2. The van der Waals surface area contributed by atoms with Crippen molar-refractivity contribution in [2.45, 2.75) is 65.2 Å². The Morgan fingerprint density at radius 1 is 1.21 bits per heavy atom. The van der Waals surface area contributed by atoms with Gasteiger partial charge in [0, 0.05) is 30.6 Å². The molecule has 0 aliphatic carbocycles. The molecule has 6 nitrogen and oxygen atoms in total. The maximum absolute atomic E-state index is 13.6. The van der Waals surface area contributed by atoms with Crippen LogP contribution in [0.1, 0.15) is 90.3 Å². The third kappa shape index (κ3) is 4.89. The van der Waals surface area contributed by atoms with Crippen molar-refractivity contribution in [1.29, 1.82) is 5.26 Å². The lowest BCUT2D eigenvalue weighted by Gasteiger charge is -2.33. The molecule has 6 heteroatoms. The van der Waals surface area contributed by atoms with E-state index in [2.05, 4.69) is 43.1 Å². The number of rotatable bonds is 6. The highest BCUT2D eigenvalue weighted by atomic mass is 16.2. The summed E-state index contributed by atoms with van der Waals surface area (Å²) in [5.41, 5.74) is 5.76. The molecule has 34 heavy (non-hydrogen) atoms. The molecule has 1 aliphatic rings. The molecule has 1 fully saturated rings. The van der Waals surface area contributed by atoms with Crippen LogP contribution in [-0.2, 0) is 6.42 Å². The number of nitriles is 1. The number of likely N-dealkylation sites (tertiary alicyclic amines) is 1. The van der Waals surface area contributed by atoms with E-state index in [1.54, 1.807) is 0 Å². The third-order valence-electron chi connectivity index (χ3n) is 6.80. The van der Waals surface area contributed by atoms with Gasteiger partial charge in [-0.05, 0) is 72.9 Å². The molecule has 3 aromatic rings. The van der Waals surface area contributed by atoms with Gasteiger partial charge < -0.3 is 4.90 Å². The highest BCUT2D eigenvalue weighted by molar-refractivity contribution is 5.97. The van der Waals surface area contributed by atoms with Crippen LogP contribution in [0.5, 0.6) is 0 Å². The minimum Gasteiger partial charge on any atom is -0.339 e. The summed E-state index contributed by atoms with van der Waals surface area (Å²) in [5.74, 6) is 2.35. The summed E-state index contributed by atoms with van der Waals surface area (Å²) in [7, 11) is 0. The van der Waals surface area contributed by atoms with Crippen LogP contribution in [0.2, 0.25) is 0 Å². The smallest absolute Gasteiger partial charge is 0.254 e. The van der Waals surface area contributed by atoms with Gasteiger partial charge in [-0.15, -0.1) is 0 Å². The highest BCUT2D eigenvalue weighted by Gasteiger charge is 2.27. The molecule has 1 saturated heterocycles. The molecule has 1 amide bonds. The van der Waals surface area contributed by atoms with Crippen LogP contribution in [0.3, 0.4) is 0 Å². The minimum atomic E-state index is 0.0802. The first-order valence-corrected chi connectivity index (χ1v) is 12.3. The molecular weight excluding hydrogens is 422 g/mol. The zero-order valence-corrected chi connectivity index (χ0v) is 20.6. The van der Waals surface area contributed by atoms with Gasteiger partial charge >= 0.3 is 0 Å². The normalized spacial score (nSPS) is 14.4. The first-order chi connectivity index (χ1) is 16.4. The van der Waals surface area contributed by atoms with Crippen LogP contribution in [0.15, 0.2) is 36.4 Å². The van der Waals surface area contributed by atoms with Crippen LogP contribution < -0.4 is 0 Å². The van der Waals surface area contributed by atoms with Crippen molar-refractivity contribution in [3.63, 3.8) is 0 Å². The summed E-state index contributed by atoms with van der Waals surface area (Å²) in [4.78, 5) is 20.2. The van der Waals surface area contributed by atoms with Gasteiger partial charge in [0.25, 0.3) is 5.91 Å². The van der Waals surface area contributed by atoms with Gasteiger partial charge in [-0.2, -0.15) is 10.4 Å². The predicted molar refractivity (Wildman–Crippen MR) is 134 cm³/mol. The molecule has 0 radical (unpaired) electrons. The number of carbonyl (C=O) groups excluding carboxylic acids is 1. The lowest BCUT2D eigenvalue weighted by molar-refractivity contribution is 0.0712. The Morgan fingerprint density at radius 3 is 2.53 bits per heavy atom. The quantitative estimate of drug-likeness (QED) is 0.513. The SMILES string of the molecule is CCCc1nc(-c2cc(C(=O)N3CCC(c4ccc(C#N)cc4)CC3)c(C)cc2C(C)C)n[nH]1. The number of amides is 1. The van der Waals surface area contributed by atoms with E-state index >= 15 is 0 Å². The van der Waals surface area contributed by atoms with Crippen LogP contribution in [0.4, 0.5) is 0 Å². The van der Waals surface area contributed by atoms with E-state index in [1.807, 2.05) is 42.2 Å². The van der Waals surface area contributed by atoms with Crippen molar-refractivity contribution in [1.82, 2.24) is 20.1 Å². The van der Waals surface area contributed by atoms with E-state index < -0.39 is 0 Å². The molecule has 176 valence electrons. The fraction of sp³-hybridized carbons (Fsp3) is 0.429. The van der Waals surface area contributed by atoms with Crippen molar-refractivity contribution >= 4 is 5.91 Å². The second kappa shape index (κ2) is 10.2. The van der Waals surface area contributed by atoms with Gasteiger partial charge in [0.1, 0.15) is 5.82 Å². The van der Waals surface area contributed by atoms with Crippen LogP contribution in [0, 0.1) is 18.3 Å². The van der Waals surface area contributed by atoms with E-state index in [-0.39, 0.29) is 5.91 Å². The van der Waals surface area contributed by atoms with E-state index in [0.29, 0.717) is 23.2 Å². The number of aryl methyl sites for hydroxylation is 2. The number of H-pyrrole nitrogens is 1.